The molecule has 0 amide bonds. The van der Waals surface area contributed by atoms with Gasteiger partial charge < -0.3 is 10.6 Å². The molecule has 0 aliphatic heterocycles. The lowest BCUT2D eigenvalue weighted by molar-refractivity contribution is 0.479. The second-order valence-electron chi connectivity index (χ2n) is 3.87. The third kappa shape index (κ3) is 2.45. The van der Waals surface area contributed by atoms with Crippen LogP contribution in [-0.2, 0) is 0 Å². The summed E-state index contributed by atoms with van der Waals surface area (Å²) in [7, 11) is 2.06. The highest BCUT2D eigenvalue weighted by Gasteiger charge is 2.16. The van der Waals surface area contributed by atoms with Crippen LogP contribution in [0.1, 0.15) is 13.8 Å². The van der Waals surface area contributed by atoms with E-state index < -0.39 is 0 Å². The molecule has 3 heteroatoms. The van der Waals surface area contributed by atoms with Crippen LogP contribution in [-0.4, -0.2) is 24.6 Å². The molecule has 1 atom stereocenters. The first-order chi connectivity index (χ1) is 6.66. The van der Waals surface area contributed by atoms with Crippen molar-refractivity contribution in [3.05, 3.63) is 24.5 Å². The fraction of sp³-hybridized carbons (Fsp3) is 0.545. The van der Waals surface area contributed by atoms with Crippen LogP contribution in [0.15, 0.2) is 24.5 Å². The molecule has 78 valence electrons. The Labute approximate surface area is 85.9 Å². The first kappa shape index (κ1) is 11.0. The van der Waals surface area contributed by atoms with Crippen molar-refractivity contribution in [2.75, 3.05) is 18.5 Å². The van der Waals surface area contributed by atoms with Gasteiger partial charge in [0.05, 0.1) is 11.9 Å². The molecular formula is C11H19N3. The van der Waals surface area contributed by atoms with Crippen LogP contribution in [0.2, 0.25) is 0 Å². The molecule has 14 heavy (non-hydrogen) atoms. The second-order valence-corrected chi connectivity index (χ2v) is 3.87. The topological polar surface area (TPSA) is 42.1 Å². The van der Waals surface area contributed by atoms with E-state index in [1.54, 1.807) is 6.20 Å². The predicted molar refractivity (Wildman–Crippen MR) is 60.3 cm³/mol. The first-order valence-electron chi connectivity index (χ1n) is 4.99. The molecule has 0 aliphatic rings. The van der Waals surface area contributed by atoms with Gasteiger partial charge in [0, 0.05) is 25.8 Å². The molecule has 0 spiro atoms. The minimum absolute atomic E-state index is 0.374. The van der Waals surface area contributed by atoms with Gasteiger partial charge >= 0.3 is 0 Å². The number of aromatic nitrogens is 1. The van der Waals surface area contributed by atoms with E-state index in [2.05, 4.69) is 36.8 Å². The molecule has 1 heterocycles. The van der Waals surface area contributed by atoms with Gasteiger partial charge in [-0.05, 0) is 18.1 Å². The minimum atomic E-state index is 0.374. The average molecular weight is 193 g/mol. The Kier molecular flexibility index (Phi) is 3.89. The van der Waals surface area contributed by atoms with Crippen LogP contribution < -0.4 is 10.6 Å². The van der Waals surface area contributed by atoms with Crippen molar-refractivity contribution < 1.29 is 0 Å². The summed E-state index contributed by atoms with van der Waals surface area (Å²) >= 11 is 0. The maximum Gasteiger partial charge on any atom is 0.0553 e. The number of hydrogen-bond acceptors (Lipinski definition) is 3. The van der Waals surface area contributed by atoms with E-state index in [9.17, 15) is 0 Å². The average Bonchev–Trinajstić information content (AvgIpc) is 2.19. The summed E-state index contributed by atoms with van der Waals surface area (Å²) < 4.78 is 0. The highest BCUT2D eigenvalue weighted by Crippen LogP contribution is 2.16. The monoisotopic (exact) mass is 193 g/mol. The zero-order valence-electron chi connectivity index (χ0n) is 9.14. The zero-order valence-corrected chi connectivity index (χ0v) is 9.14. The molecule has 0 aliphatic carbocycles. The Morgan fingerprint density at radius 3 is 2.64 bits per heavy atom. The maximum atomic E-state index is 5.75. The van der Waals surface area contributed by atoms with Crippen molar-refractivity contribution in [1.82, 2.24) is 4.98 Å². The third-order valence-electron chi connectivity index (χ3n) is 2.56. The standard InChI is InChI=1S/C11H19N3/c1-9(2)11(7-12)14(3)10-5-4-6-13-8-10/h4-6,8-9,11H,7,12H2,1-3H3. The molecule has 2 N–H and O–H groups in total. The molecule has 0 aromatic carbocycles. The number of anilines is 1. The fourth-order valence-electron chi connectivity index (χ4n) is 1.63. The number of nitrogens with two attached hydrogens (primary N) is 1. The Hall–Kier alpha value is -1.09. The third-order valence-corrected chi connectivity index (χ3v) is 2.56. The molecule has 3 nitrogen and oxygen atoms in total. The SMILES string of the molecule is CC(C)C(CN)N(C)c1cccnc1. The number of nitrogens with zero attached hydrogens (tertiary/aromatic N) is 2. The van der Waals surface area contributed by atoms with Gasteiger partial charge in [0.1, 0.15) is 0 Å². The summed E-state index contributed by atoms with van der Waals surface area (Å²) in [5.41, 5.74) is 6.87. The minimum Gasteiger partial charge on any atom is -0.369 e. The van der Waals surface area contributed by atoms with Crippen molar-refractivity contribution in [3.8, 4) is 0 Å². The molecule has 0 radical (unpaired) electrons. The Bertz CT molecular complexity index is 258. The molecular weight excluding hydrogens is 174 g/mol. The molecule has 1 aromatic heterocycles. The largest absolute Gasteiger partial charge is 0.369 e. The lowest BCUT2D eigenvalue weighted by atomic mass is 10.0. The van der Waals surface area contributed by atoms with Crippen LogP contribution in [0.3, 0.4) is 0 Å². The molecule has 1 rings (SSSR count). The predicted octanol–water partition coefficient (Wildman–Crippen LogP) is 1.50. The van der Waals surface area contributed by atoms with Gasteiger partial charge in [-0.15, -0.1) is 0 Å². The van der Waals surface area contributed by atoms with Crippen LogP contribution >= 0.6 is 0 Å². The number of rotatable bonds is 4. The van der Waals surface area contributed by atoms with E-state index in [0.29, 0.717) is 18.5 Å². The smallest absolute Gasteiger partial charge is 0.0553 e. The van der Waals surface area contributed by atoms with E-state index in [1.807, 2.05) is 12.3 Å². The molecule has 1 unspecified atom stereocenters. The van der Waals surface area contributed by atoms with Crippen molar-refractivity contribution in [2.45, 2.75) is 19.9 Å². The van der Waals surface area contributed by atoms with Crippen molar-refractivity contribution in [1.29, 1.82) is 0 Å². The first-order valence-corrected chi connectivity index (χ1v) is 4.99. The number of pyridine rings is 1. The summed E-state index contributed by atoms with van der Waals surface area (Å²) in [6.45, 7) is 5.04. The summed E-state index contributed by atoms with van der Waals surface area (Å²) in [5.74, 6) is 0.546. The molecule has 0 saturated heterocycles. The Morgan fingerprint density at radius 2 is 2.21 bits per heavy atom. The van der Waals surface area contributed by atoms with Crippen molar-refractivity contribution in [3.63, 3.8) is 0 Å². The molecule has 0 saturated carbocycles. The van der Waals surface area contributed by atoms with Gasteiger partial charge in [-0.25, -0.2) is 0 Å². The Balaban J connectivity index is 2.78. The van der Waals surface area contributed by atoms with Crippen molar-refractivity contribution >= 4 is 5.69 Å². The van der Waals surface area contributed by atoms with E-state index in [1.165, 1.54) is 0 Å². The lowest BCUT2D eigenvalue weighted by Gasteiger charge is -2.31. The van der Waals surface area contributed by atoms with E-state index in [0.717, 1.165) is 5.69 Å². The Morgan fingerprint density at radius 1 is 1.50 bits per heavy atom. The van der Waals surface area contributed by atoms with E-state index in [-0.39, 0.29) is 0 Å². The quantitative estimate of drug-likeness (QED) is 0.788. The number of hydrogen-bond donors (Lipinski definition) is 1. The highest BCUT2D eigenvalue weighted by atomic mass is 15.1. The van der Waals surface area contributed by atoms with E-state index in [4.69, 9.17) is 5.73 Å². The highest BCUT2D eigenvalue weighted by molar-refractivity contribution is 5.43. The van der Waals surface area contributed by atoms with Gasteiger partial charge in [-0.2, -0.15) is 0 Å². The van der Waals surface area contributed by atoms with Gasteiger partial charge in [0.2, 0.25) is 0 Å². The van der Waals surface area contributed by atoms with Gasteiger partial charge in [-0.3, -0.25) is 4.98 Å². The maximum absolute atomic E-state index is 5.75. The second kappa shape index (κ2) is 4.96. The van der Waals surface area contributed by atoms with E-state index >= 15 is 0 Å². The van der Waals surface area contributed by atoms with Gasteiger partial charge in [0.25, 0.3) is 0 Å². The lowest BCUT2D eigenvalue weighted by Crippen LogP contribution is -2.41. The van der Waals surface area contributed by atoms with Crippen LogP contribution in [0.25, 0.3) is 0 Å². The van der Waals surface area contributed by atoms with Crippen LogP contribution in [0, 0.1) is 5.92 Å². The normalized spacial score (nSPS) is 12.9. The molecule has 0 fully saturated rings. The zero-order chi connectivity index (χ0) is 10.6. The summed E-state index contributed by atoms with van der Waals surface area (Å²) in [4.78, 5) is 6.29. The summed E-state index contributed by atoms with van der Waals surface area (Å²) in [6.07, 6.45) is 3.65. The molecule has 0 bridgehead atoms. The van der Waals surface area contributed by atoms with Gasteiger partial charge in [0.15, 0.2) is 0 Å². The van der Waals surface area contributed by atoms with Gasteiger partial charge in [-0.1, -0.05) is 13.8 Å². The fourth-order valence-corrected chi connectivity index (χ4v) is 1.63. The van der Waals surface area contributed by atoms with Crippen LogP contribution in [0.5, 0.6) is 0 Å². The summed E-state index contributed by atoms with van der Waals surface area (Å²) in [5, 5.41) is 0. The van der Waals surface area contributed by atoms with Crippen LogP contribution in [0.4, 0.5) is 5.69 Å². The molecule has 1 aromatic rings. The number of likely N-dealkylation sites (N-methyl/N-ethyl adjacent to an activating group) is 1. The summed E-state index contributed by atoms with van der Waals surface area (Å²) in [6, 6.07) is 4.37. The van der Waals surface area contributed by atoms with Crippen molar-refractivity contribution in [2.24, 2.45) is 11.7 Å².